The van der Waals surface area contributed by atoms with E-state index in [9.17, 15) is 4.79 Å². The molecule has 0 unspecified atom stereocenters. The van der Waals surface area contributed by atoms with Gasteiger partial charge in [0, 0.05) is 10.4 Å². The molecule has 0 bridgehead atoms. The number of hydrazine groups is 1. The normalized spacial score (nSPS) is 10.9. The first kappa shape index (κ1) is 17.6. The van der Waals surface area contributed by atoms with Crippen molar-refractivity contribution in [2.45, 2.75) is 13.5 Å². The molecule has 0 aliphatic carbocycles. The highest BCUT2D eigenvalue weighted by molar-refractivity contribution is 7.20. The Kier molecular flexibility index (Phi) is 4.83. The van der Waals surface area contributed by atoms with Crippen LogP contribution in [0.1, 0.15) is 20.9 Å². The molecule has 2 heterocycles. The fourth-order valence-electron chi connectivity index (χ4n) is 2.81. The number of aryl methyl sites for hydroxylation is 1. The molecule has 7 heteroatoms. The minimum absolute atomic E-state index is 0.169. The molecule has 2 aromatic heterocycles. The predicted molar refractivity (Wildman–Crippen MR) is 110 cm³/mol. The molecule has 0 spiro atoms. The van der Waals surface area contributed by atoms with E-state index in [2.05, 4.69) is 16.0 Å². The number of fused-ring (bicyclic) bond motifs is 1. The van der Waals surface area contributed by atoms with Crippen molar-refractivity contribution in [1.29, 1.82) is 0 Å². The van der Waals surface area contributed by atoms with Crippen LogP contribution >= 0.6 is 22.9 Å². The van der Waals surface area contributed by atoms with Gasteiger partial charge >= 0.3 is 0 Å². The van der Waals surface area contributed by atoms with Crippen LogP contribution in [0, 0.1) is 6.92 Å². The van der Waals surface area contributed by atoms with E-state index in [0.29, 0.717) is 16.4 Å². The van der Waals surface area contributed by atoms with Crippen molar-refractivity contribution in [3.8, 4) is 0 Å². The van der Waals surface area contributed by atoms with Crippen molar-refractivity contribution >= 4 is 44.7 Å². The molecule has 1 amide bonds. The van der Waals surface area contributed by atoms with E-state index in [1.807, 2.05) is 72.3 Å². The van der Waals surface area contributed by atoms with Crippen LogP contribution in [0.2, 0.25) is 5.02 Å². The second kappa shape index (κ2) is 7.42. The summed E-state index contributed by atoms with van der Waals surface area (Å²) in [5, 5.41) is 6.32. The number of halogens is 1. The molecule has 4 aromatic rings. The summed E-state index contributed by atoms with van der Waals surface area (Å²) in [6.07, 6.45) is 0. The molecule has 0 fully saturated rings. The van der Waals surface area contributed by atoms with E-state index in [1.54, 1.807) is 0 Å². The van der Waals surface area contributed by atoms with E-state index in [4.69, 9.17) is 11.6 Å². The van der Waals surface area contributed by atoms with Gasteiger partial charge in [-0.1, -0.05) is 41.9 Å². The van der Waals surface area contributed by atoms with Crippen molar-refractivity contribution in [3.63, 3.8) is 0 Å². The number of rotatable bonds is 5. The number of amides is 1. The van der Waals surface area contributed by atoms with Gasteiger partial charge in [0.1, 0.15) is 4.83 Å². The van der Waals surface area contributed by atoms with Crippen molar-refractivity contribution in [3.05, 3.63) is 81.8 Å². The largest absolute Gasteiger partial charge is 0.298 e. The number of carbonyl (C=O) groups excluding carboxylic acids is 1. The van der Waals surface area contributed by atoms with Gasteiger partial charge in [0.05, 0.1) is 22.8 Å². The molecule has 0 radical (unpaired) electrons. The summed E-state index contributed by atoms with van der Waals surface area (Å²) in [7, 11) is 0. The van der Waals surface area contributed by atoms with Crippen molar-refractivity contribution < 1.29 is 4.79 Å². The second-order valence-electron chi connectivity index (χ2n) is 6.14. The Bertz CT molecular complexity index is 1090. The van der Waals surface area contributed by atoms with E-state index < -0.39 is 0 Å². The minimum Gasteiger partial charge on any atom is -0.298 e. The molecule has 5 nitrogen and oxygen atoms in total. The van der Waals surface area contributed by atoms with Crippen molar-refractivity contribution in [2.24, 2.45) is 0 Å². The highest BCUT2D eigenvalue weighted by Crippen LogP contribution is 2.29. The Balaban J connectivity index is 1.55. The standard InChI is InChI=1S/C20H17ClN4OS/c1-13-17-11-18(19(26)23-22-16-5-3-2-4-6-16)27-20(17)25(24-13)12-14-7-9-15(21)10-8-14/h2-11,22H,12H2,1H3,(H,23,26). The van der Waals surface area contributed by atoms with E-state index in [1.165, 1.54) is 11.3 Å². The summed E-state index contributed by atoms with van der Waals surface area (Å²) in [6, 6.07) is 19.1. The number of nitrogens with zero attached hydrogens (tertiary/aromatic N) is 2. The number of thiophene rings is 1. The summed E-state index contributed by atoms with van der Waals surface area (Å²) in [5.74, 6) is -0.169. The van der Waals surface area contributed by atoms with Gasteiger partial charge in [-0.05, 0) is 42.8 Å². The Hall–Kier alpha value is -2.83. The quantitative estimate of drug-likeness (QED) is 0.473. The van der Waals surface area contributed by atoms with Crippen LogP contribution in [-0.4, -0.2) is 15.7 Å². The predicted octanol–water partition coefficient (Wildman–Crippen LogP) is 4.86. The average Bonchev–Trinajstić information content (AvgIpc) is 3.24. The molecular weight excluding hydrogens is 380 g/mol. The average molecular weight is 397 g/mol. The number of carbonyl (C=O) groups is 1. The number of hydrogen-bond acceptors (Lipinski definition) is 4. The molecule has 0 aliphatic rings. The van der Waals surface area contributed by atoms with Gasteiger partial charge in [-0.15, -0.1) is 11.3 Å². The maximum atomic E-state index is 12.5. The summed E-state index contributed by atoms with van der Waals surface area (Å²) in [4.78, 5) is 14.1. The number of aromatic nitrogens is 2. The van der Waals surface area contributed by atoms with Gasteiger partial charge in [-0.3, -0.25) is 20.3 Å². The zero-order valence-corrected chi connectivity index (χ0v) is 16.1. The fourth-order valence-corrected chi connectivity index (χ4v) is 3.99. The summed E-state index contributed by atoms with van der Waals surface area (Å²) < 4.78 is 1.93. The third-order valence-corrected chi connectivity index (χ3v) is 5.57. The van der Waals surface area contributed by atoms with Crippen LogP contribution in [0.25, 0.3) is 10.2 Å². The Morgan fingerprint density at radius 1 is 1.15 bits per heavy atom. The summed E-state index contributed by atoms with van der Waals surface area (Å²) in [6.45, 7) is 2.59. The molecule has 0 saturated heterocycles. The van der Waals surface area contributed by atoms with Gasteiger partial charge in [0.2, 0.25) is 0 Å². The third kappa shape index (κ3) is 3.82. The first-order valence-corrected chi connectivity index (χ1v) is 9.62. The molecule has 27 heavy (non-hydrogen) atoms. The number of nitrogens with one attached hydrogen (secondary N) is 2. The second-order valence-corrected chi connectivity index (χ2v) is 7.61. The minimum atomic E-state index is -0.169. The maximum Gasteiger partial charge on any atom is 0.279 e. The lowest BCUT2D eigenvalue weighted by atomic mass is 10.2. The molecule has 2 aromatic carbocycles. The molecular formula is C20H17ClN4OS. The highest BCUT2D eigenvalue weighted by Gasteiger charge is 2.16. The van der Waals surface area contributed by atoms with E-state index >= 15 is 0 Å². The lowest BCUT2D eigenvalue weighted by molar-refractivity contribution is 0.0966. The van der Waals surface area contributed by atoms with Crippen LogP contribution in [0.5, 0.6) is 0 Å². The van der Waals surface area contributed by atoms with E-state index in [-0.39, 0.29) is 5.91 Å². The number of hydrogen-bond donors (Lipinski definition) is 2. The lowest BCUT2D eigenvalue weighted by Crippen LogP contribution is -2.28. The lowest BCUT2D eigenvalue weighted by Gasteiger charge is -2.06. The van der Waals surface area contributed by atoms with Crippen LogP contribution in [0.4, 0.5) is 5.69 Å². The zero-order valence-electron chi connectivity index (χ0n) is 14.6. The first-order chi connectivity index (χ1) is 13.1. The number of anilines is 1. The number of para-hydroxylation sites is 1. The fraction of sp³-hybridized carbons (Fsp3) is 0.100. The highest BCUT2D eigenvalue weighted by atomic mass is 35.5. The molecule has 0 atom stereocenters. The van der Waals surface area contributed by atoms with Crippen LogP contribution in [-0.2, 0) is 6.54 Å². The monoisotopic (exact) mass is 396 g/mol. The molecule has 4 rings (SSSR count). The van der Waals surface area contributed by atoms with Crippen LogP contribution < -0.4 is 10.9 Å². The Morgan fingerprint density at radius 3 is 2.63 bits per heavy atom. The molecule has 2 N–H and O–H groups in total. The maximum absolute atomic E-state index is 12.5. The van der Waals surface area contributed by atoms with Crippen molar-refractivity contribution in [2.75, 3.05) is 5.43 Å². The molecule has 136 valence electrons. The van der Waals surface area contributed by atoms with Crippen LogP contribution in [0.15, 0.2) is 60.7 Å². The first-order valence-electron chi connectivity index (χ1n) is 8.43. The Labute approximate surface area is 165 Å². The number of benzene rings is 2. The smallest absolute Gasteiger partial charge is 0.279 e. The third-order valence-electron chi connectivity index (χ3n) is 4.17. The van der Waals surface area contributed by atoms with Gasteiger partial charge in [-0.2, -0.15) is 5.10 Å². The van der Waals surface area contributed by atoms with Crippen LogP contribution in [0.3, 0.4) is 0 Å². The Morgan fingerprint density at radius 2 is 1.89 bits per heavy atom. The SMILES string of the molecule is Cc1nn(Cc2ccc(Cl)cc2)c2sc(C(=O)NNc3ccccc3)cc12. The van der Waals surface area contributed by atoms with Gasteiger partial charge < -0.3 is 0 Å². The molecule has 0 saturated carbocycles. The van der Waals surface area contributed by atoms with Gasteiger partial charge in [0.15, 0.2) is 0 Å². The zero-order chi connectivity index (χ0) is 18.8. The van der Waals surface area contributed by atoms with Gasteiger partial charge in [-0.25, -0.2) is 0 Å². The van der Waals surface area contributed by atoms with E-state index in [0.717, 1.165) is 27.2 Å². The topological polar surface area (TPSA) is 59.0 Å². The van der Waals surface area contributed by atoms with Crippen molar-refractivity contribution in [1.82, 2.24) is 15.2 Å². The summed E-state index contributed by atoms with van der Waals surface area (Å²) >= 11 is 7.39. The molecule has 0 aliphatic heterocycles. The van der Waals surface area contributed by atoms with Gasteiger partial charge in [0.25, 0.3) is 5.91 Å². The summed E-state index contributed by atoms with van der Waals surface area (Å²) in [5.41, 5.74) is 8.51.